The summed E-state index contributed by atoms with van der Waals surface area (Å²) in [7, 11) is -3.95. The van der Waals surface area contributed by atoms with Crippen LogP contribution in [0.25, 0.3) is 10.6 Å². The Morgan fingerprint density at radius 2 is 2.11 bits per heavy atom. The van der Waals surface area contributed by atoms with Crippen molar-refractivity contribution in [2.45, 2.75) is 22.8 Å². The van der Waals surface area contributed by atoms with Crippen molar-refractivity contribution >= 4 is 33.2 Å². The van der Waals surface area contributed by atoms with Crippen LogP contribution in [0.3, 0.4) is 0 Å². The van der Waals surface area contributed by atoms with Gasteiger partial charge in [-0.1, -0.05) is 6.07 Å². The van der Waals surface area contributed by atoms with E-state index >= 15 is 0 Å². The van der Waals surface area contributed by atoms with Gasteiger partial charge >= 0.3 is 6.16 Å². The quantitative estimate of drug-likeness (QED) is 0.441. The van der Waals surface area contributed by atoms with Gasteiger partial charge in [0.2, 0.25) is 9.84 Å². The minimum Gasteiger partial charge on any atom is -0.426 e. The summed E-state index contributed by atoms with van der Waals surface area (Å²) in [4.78, 5) is 28.2. The van der Waals surface area contributed by atoms with Crippen LogP contribution in [0.15, 0.2) is 52.4 Å². The van der Waals surface area contributed by atoms with Crippen LogP contribution in [0.4, 0.5) is 4.79 Å². The van der Waals surface area contributed by atoms with E-state index in [4.69, 9.17) is 9.47 Å². The second-order valence-corrected chi connectivity index (χ2v) is 9.44. The van der Waals surface area contributed by atoms with Crippen LogP contribution in [0.5, 0.6) is 0 Å². The van der Waals surface area contributed by atoms with Crippen LogP contribution < -0.4 is 0 Å². The molecule has 1 saturated heterocycles. The molecule has 0 bridgehead atoms. The number of hydrogen-bond acceptors (Lipinski definition) is 9. The van der Waals surface area contributed by atoms with E-state index in [0.717, 1.165) is 11.3 Å². The summed E-state index contributed by atoms with van der Waals surface area (Å²) in [6.45, 7) is 0. The fourth-order valence-electron chi connectivity index (χ4n) is 2.93. The minimum absolute atomic E-state index is 0.00883. The first-order valence-electron chi connectivity index (χ1n) is 8.16. The lowest BCUT2D eigenvalue weighted by atomic mass is 10.2. The zero-order valence-corrected chi connectivity index (χ0v) is 15.9. The molecular weight excluding hydrogens is 408 g/mol. The van der Waals surface area contributed by atoms with Gasteiger partial charge in [-0.25, -0.2) is 18.3 Å². The standard InChI is InChI=1S/C17H14N2O7S2/c20-16(10-7-12-13(8-10)26-17(21)25-12)19(22)9-28(23,24)15-5-4-14(27-15)11-3-1-2-6-18-11/h1-7,12-13,22H,8-9H2. The molecule has 3 heterocycles. The molecule has 1 amide bonds. The second kappa shape index (κ2) is 7.00. The Hall–Kier alpha value is -2.76. The molecule has 1 fully saturated rings. The molecule has 0 saturated carbocycles. The number of thiophene rings is 1. The van der Waals surface area contributed by atoms with Crippen molar-refractivity contribution in [3.05, 3.63) is 48.2 Å². The summed E-state index contributed by atoms with van der Waals surface area (Å²) >= 11 is 1.00. The summed E-state index contributed by atoms with van der Waals surface area (Å²) in [5, 5.41) is 10.2. The fourth-order valence-corrected chi connectivity index (χ4v) is 5.42. The predicted octanol–water partition coefficient (Wildman–Crippen LogP) is 1.99. The molecule has 0 aromatic carbocycles. The number of carbonyl (C=O) groups excluding carboxylic acids is 2. The highest BCUT2D eigenvalue weighted by Crippen LogP contribution is 2.32. The van der Waals surface area contributed by atoms with Crippen LogP contribution in [0.1, 0.15) is 6.42 Å². The van der Waals surface area contributed by atoms with Crippen LogP contribution in [0.2, 0.25) is 0 Å². The molecular formula is C17H14N2O7S2. The van der Waals surface area contributed by atoms with E-state index in [0.29, 0.717) is 10.6 Å². The Bertz CT molecular complexity index is 1060. The number of hydrogen-bond donors (Lipinski definition) is 1. The summed E-state index contributed by atoms with van der Waals surface area (Å²) in [6.07, 6.45) is 0.864. The van der Waals surface area contributed by atoms with E-state index in [9.17, 15) is 23.2 Å². The Balaban J connectivity index is 1.46. The molecule has 11 heteroatoms. The predicted molar refractivity (Wildman–Crippen MR) is 96.1 cm³/mol. The zero-order valence-electron chi connectivity index (χ0n) is 14.2. The number of pyridine rings is 1. The van der Waals surface area contributed by atoms with Crippen LogP contribution in [0, 0.1) is 0 Å². The fraction of sp³-hybridized carbons (Fsp3) is 0.235. The van der Waals surface area contributed by atoms with Gasteiger partial charge in [0.15, 0.2) is 18.1 Å². The molecule has 1 aliphatic heterocycles. The van der Waals surface area contributed by atoms with Crippen molar-refractivity contribution < 1.29 is 32.7 Å². The maximum Gasteiger partial charge on any atom is 0.509 e. The van der Waals surface area contributed by atoms with Crippen molar-refractivity contribution in [2.24, 2.45) is 0 Å². The van der Waals surface area contributed by atoms with E-state index in [1.807, 2.05) is 0 Å². The van der Waals surface area contributed by atoms with E-state index < -0.39 is 40.0 Å². The van der Waals surface area contributed by atoms with Crippen molar-refractivity contribution in [1.29, 1.82) is 0 Å². The summed E-state index contributed by atoms with van der Waals surface area (Å²) in [5.74, 6) is -1.78. The molecule has 0 spiro atoms. The molecule has 2 unspecified atom stereocenters. The lowest BCUT2D eigenvalue weighted by Gasteiger charge is -2.15. The van der Waals surface area contributed by atoms with Gasteiger partial charge < -0.3 is 9.47 Å². The molecule has 4 rings (SSSR count). The van der Waals surface area contributed by atoms with E-state index in [1.54, 1.807) is 30.5 Å². The van der Waals surface area contributed by atoms with E-state index in [-0.39, 0.29) is 21.3 Å². The van der Waals surface area contributed by atoms with E-state index in [1.165, 1.54) is 12.1 Å². The van der Waals surface area contributed by atoms with Crippen LogP contribution >= 0.6 is 11.3 Å². The van der Waals surface area contributed by atoms with Crippen molar-refractivity contribution in [3.63, 3.8) is 0 Å². The first-order valence-corrected chi connectivity index (χ1v) is 10.6. The van der Waals surface area contributed by atoms with Gasteiger partial charge in [-0.2, -0.15) is 0 Å². The van der Waals surface area contributed by atoms with Crippen LogP contribution in [-0.2, 0) is 24.1 Å². The number of amides is 1. The van der Waals surface area contributed by atoms with Gasteiger partial charge in [-0.15, -0.1) is 11.3 Å². The third kappa shape index (κ3) is 3.51. The van der Waals surface area contributed by atoms with Gasteiger partial charge in [0.25, 0.3) is 5.91 Å². The van der Waals surface area contributed by atoms with Gasteiger partial charge in [-0.05, 0) is 30.3 Å². The lowest BCUT2D eigenvalue weighted by Crippen LogP contribution is -2.33. The Labute approximate surface area is 163 Å². The molecule has 2 aliphatic rings. The van der Waals surface area contributed by atoms with Gasteiger partial charge in [-0.3, -0.25) is 15.0 Å². The molecule has 2 aromatic rings. The summed E-state index contributed by atoms with van der Waals surface area (Å²) in [5.41, 5.74) is 0.753. The number of fused-ring (bicyclic) bond motifs is 1. The maximum atomic E-state index is 12.6. The molecule has 28 heavy (non-hydrogen) atoms. The number of hydroxylamine groups is 2. The van der Waals surface area contributed by atoms with Gasteiger partial charge in [0.05, 0.1) is 10.6 Å². The largest absolute Gasteiger partial charge is 0.509 e. The first-order chi connectivity index (χ1) is 13.3. The molecule has 2 aromatic heterocycles. The molecule has 9 nitrogen and oxygen atoms in total. The number of aromatic nitrogens is 1. The van der Waals surface area contributed by atoms with E-state index in [2.05, 4.69) is 4.98 Å². The third-order valence-electron chi connectivity index (χ3n) is 4.24. The van der Waals surface area contributed by atoms with Crippen molar-refractivity contribution in [1.82, 2.24) is 10.0 Å². The lowest BCUT2D eigenvalue weighted by molar-refractivity contribution is -0.156. The van der Waals surface area contributed by atoms with Gasteiger partial charge in [0.1, 0.15) is 4.21 Å². The Morgan fingerprint density at radius 3 is 2.82 bits per heavy atom. The van der Waals surface area contributed by atoms with Gasteiger partial charge in [0, 0.05) is 18.2 Å². The zero-order chi connectivity index (χ0) is 19.9. The molecule has 1 aliphatic carbocycles. The Morgan fingerprint density at radius 1 is 1.29 bits per heavy atom. The Kier molecular flexibility index (Phi) is 4.65. The average molecular weight is 422 g/mol. The topological polar surface area (TPSA) is 123 Å². The maximum absolute atomic E-state index is 12.6. The molecule has 1 N–H and O–H groups in total. The van der Waals surface area contributed by atoms with Crippen molar-refractivity contribution in [2.75, 3.05) is 5.88 Å². The number of nitrogens with zero attached hydrogens (tertiary/aromatic N) is 2. The van der Waals surface area contributed by atoms with Crippen LogP contribution in [-0.4, -0.2) is 53.8 Å². The highest BCUT2D eigenvalue weighted by atomic mass is 32.2. The molecule has 146 valence electrons. The second-order valence-electron chi connectivity index (χ2n) is 6.17. The highest BCUT2D eigenvalue weighted by molar-refractivity contribution is 7.93. The number of carbonyl (C=O) groups is 2. The third-order valence-corrected chi connectivity index (χ3v) is 7.49. The smallest absolute Gasteiger partial charge is 0.426 e. The average Bonchev–Trinajstić information content (AvgIpc) is 3.36. The number of ether oxygens (including phenoxy) is 2. The normalized spacial score (nSPS) is 20.9. The molecule has 0 radical (unpaired) electrons. The highest BCUT2D eigenvalue weighted by Gasteiger charge is 2.42. The minimum atomic E-state index is -3.95. The number of sulfone groups is 1. The molecule has 2 atom stereocenters. The summed E-state index contributed by atoms with van der Waals surface area (Å²) in [6, 6.07) is 8.32. The first kappa shape index (κ1) is 18.6. The monoisotopic (exact) mass is 422 g/mol. The summed E-state index contributed by atoms with van der Waals surface area (Å²) < 4.78 is 34.9. The SMILES string of the molecule is O=C1OC2C=C(C(=O)N(O)CS(=O)(=O)c3ccc(-c4ccccn4)s3)CC2O1. The number of rotatable bonds is 5. The van der Waals surface area contributed by atoms with Crippen molar-refractivity contribution in [3.8, 4) is 10.6 Å².